The smallest absolute Gasteiger partial charge is 0.227 e. The van der Waals surface area contributed by atoms with E-state index in [0.717, 1.165) is 62.9 Å². The molecule has 3 rings (SSSR count). The van der Waals surface area contributed by atoms with E-state index >= 15 is 0 Å². The summed E-state index contributed by atoms with van der Waals surface area (Å²) in [5, 5.41) is 3.70. The molecule has 0 spiro atoms. The standard InChI is InChI=1S/C21H29ClN2O2/c1-15-14-18(22)10-11-19(15)23-20(25)16-6-8-17(9-7-16)21(26)24-12-4-2-3-5-13-24/h10-11,14,16-17H,2-9,12-13H2,1H3,(H,23,25). The lowest BCUT2D eigenvalue weighted by Gasteiger charge is -2.31. The van der Waals surface area contributed by atoms with Crippen LogP contribution in [0, 0.1) is 18.8 Å². The number of likely N-dealkylation sites (tertiary alicyclic amines) is 1. The van der Waals surface area contributed by atoms with E-state index in [1.807, 2.05) is 19.1 Å². The summed E-state index contributed by atoms with van der Waals surface area (Å²) < 4.78 is 0. The molecule has 142 valence electrons. The SMILES string of the molecule is Cc1cc(Cl)ccc1NC(=O)C1CCC(C(=O)N2CCCCCC2)CC1. The van der Waals surface area contributed by atoms with Crippen molar-refractivity contribution in [3.8, 4) is 0 Å². The number of benzene rings is 1. The fraction of sp³-hybridized carbons (Fsp3) is 0.619. The summed E-state index contributed by atoms with van der Waals surface area (Å²) >= 11 is 5.97. The van der Waals surface area contributed by atoms with E-state index in [1.54, 1.807) is 6.07 Å². The molecule has 4 nitrogen and oxygen atoms in total. The van der Waals surface area contributed by atoms with E-state index < -0.39 is 0 Å². The van der Waals surface area contributed by atoms with Gasteiger partial charge in [0.15, 0.2) is 0 Å². The van der Waals surface area contributed by atoms with Crippen LogP contribution in [-0.2, 0) is 9.59 Å². The molecule has 1 aromatic carbocycles. The van der Waals surface area contributed by atoms with Gasteiger partial charge in [0, 0.05) is 35.6 Å². The van der Waals surface area contributed by atoms with Gasteiger partial charge < -0.3 is 10.2 Å². The molecule has 1 N–H and O–H groups in total. The van der Waals surface area contributed by atoms with Crippen molar-refractivity contribution in [2.45, 2.75) is 58.3 Å². The lowest BCUT2D eigenvalue weighted by molar-refractivity contribution is -0.137. The summed E-state index contributed by atoms with van der Waals surface area (Å²) in [4.78, 5) is 27.4. The molecule has 1 aromatic rings. The van der Waals surface area contributed by atoms with Gasteiger partial charge in [0.25, 0.3) is 0 Å². The van der Waals surface area contributed by atoms with E-state index in [2.05, 4.69) is 10.2 Å². The van der Waals surface area contributed by atoms with E-state index in [9.17, 15) is 9.59 Å². The maximum Gasteiger partial charge on any atom is 0.227 e. The minimum Gasteiger partial charge on any atom is -0.342 e. The van der Waals surface area contributed by atoms with Gasteiger partial charge in [-0.15, -0.1) is 0 Å². The Morgan fingerprint density at radius 1 is 1.00 bits per heavy atom. The van der Waals surface area contributed by atoms with Crippen LogP contribution in [0.5, 0.6) is 0 Å². The number of amides is 2. The molecule has 2 amide bonds. The summed E-state index contributed by atoms with van der Waals surface area (Å²) in [6.45, 7) is 3.77. The second kappa shape index (κ2) is 8.90. The molecule has 0 radical (unpaired) electrons. The zero-order valence-corrected chi connectivity index (χ0v) is 16.4. The zero-order valence-electron chi connectivity index (χ0n) is 15.6. The Morgan fingerprint density at radius 2 is 1.62 bits per heavy atom. The molecular formula is C21H29ClN2O2. The molecule has 1 heterocycles. The van der Waals surface area contributed by atoms with E-state index in [1.165, 1.54) is 12.8 Å². The average molecular weight is 377 g/mol. The van der Waals surface area contributed by atoms with Crippen LogP contribution in [0.1, 0.15) is 56.9 Å². The lowest BCUT2D eigenvalue weighted by atomic mass is 9.80. The molecule has 0 bridgehead atoms. The van der Waals surface area contributed by atoms with E-state index in [-0.39, 0.29) is 17.7 Å². The Bertz CT molecular complexity index is 645. The molecule has 2 fully saturated rings. The minimum atomic E-state index is -0.00161. The first-order valence-electron chi connectivity index (χ1n) is 9.90. The summed E-state index contributed by atoms with van der Waals surface area (Å²) in [7, 11) is 0. The third kappa shape index (κ3) is 4.79. The number of hydrogen-bond acceptors (Lipinski definition) is 2. The van der Waals surface area contributed by atoms with Gasteiger partial charge in [-0.2, -0.15) is 0 Å². The molecular weight excluding hydrogens is 348 g/mol. The summed E-state index contributed by atoms with van der Waals surface area (Å²) in [6.07, 6.45) is 7.97. The highest BCUT2D eigenvalue weighted by Gasteiger charge is 2.32. The number of hydrogen-bond donors (Lipinski definition) is 1. The van der Waals surface area contributed by atoms with Crippen LogP contribution >= 0.6 is 11.6 Å². The highest BCUT2D eigenvalue weighted by atomic mass is 35.5. The van der Waals surface area contributed by atoms with Crippen LogP contribution in [-0.4, -0.2) is 29.8 Å². The highest BCUT2D eigenvalue weighted by Crippen LogP contribution is 2.32. The van der Waals surface area contributed by atoms with Crippen LogP contribution in [0.3, 0.4) is 0 Å². The maximum absolute atomic E-state index is 12.8. The number of nitrogens with zero attached hydrogens (tertiary/aromatic N) is 1. The van der Waals surface area contributed by atoms with Crippen LogP contribution < -0.4 is 5.32 Å². The molecule has 1 saturated carbocycles. The van der Waals surface area contributed by atoms with Gasteiger partial charge in [-0.1, -0.05) is 24.4 Å². The second-order valence-electron chi connectivity index (χ2n) is 7.74. The Balaban J connectivity index is 1.51. The number of aryl methyl sites for hydroxylation is 1. The normalized spacial score (nSPS) is 24.0. The van der Waals surface area contributed by atoms with Crippen molar-refractivity contribution >= 4 is 29.1 Å². The molecule has 5 heteroatoms. The summed E-state index contributed by atoms with van der Waals surface area (Å²) in [5.41, 5.74) is 1.79. The summed E-state index contributed by atoms with van der Waals surface area (Å²) in [5.74, 6) is 0.489. The first kappa shape index (κ1) is 19.2. The maximum atomic E-state index is 12.8. The molecule has 1 aliphatic carbocycles. The lowest BCUT2D eigenvalue weighted by Crippen LogP contribution is -2.39. The van der Waals surface area contributed by atoms with Crippen LogP contribution in [0.2, 0.25) is 5.02 Å². The molecule has 1 aliphatic heterocycles. The zero-order chi connectivity index (χ0) is 18.5. The Morgan fingerprint density at radius 3 is 2.23 bits per heavy atom. The highest BCUT2D eigenvalue weighted by molar-refractivity contribution is 6.30. The van der Waals surface area contributed by atoms with Crippen molar-refractivity contribution in [3.05, 3.63) is 28.8 Å². The molecule has 0 unspecified atom stereocenters. The first-order chi connectivity index (χ1) is 12.5. The Kier molecular flexibility index (Phi) is 6.58. The number of carbonyl (C=O) groups is 2. The van der Waals surface area contributed by atoms with Crippen molar-refractivity contribution in [2.24, 2.45) is 11.8 Å². The monoisotopic (exact) mass is 376 g/mol. The molecule has 0 aromatic heterocycles. The molecule has 2 aliphatic rings. The summed E-state index contributed by atoms with van der Waals surface area (Å²) in [6, 6.07) is 5.50. The third-order valence-electron chi connectivity index (χ3n) is 5.81. The van der Waals surface area contributed by atoms with Crippen LogP contribution in [0.4, 0.5) is 5.69 Å². The van der Waals surface area contributed by atoms with Crippen molar-refractivity contribution in [1.29, 1.82) is 0 Å². The quantitative estimate of drug-likeness (QED) is 0.823. The van der Waals surface area contributed by atoms with Gasteiger partial charge in [0.2, 0.25) is 11.8 Å². The van der Waals surface area contributed by atoms with Gasteiger partial charge in [0.1, 0.15) is 0 Å². The van der Waals surface area contributed by atoms with Gasteiger partial charge in [-0.25, -0.2) is 0 Å². The van der Waals surface area contributed by atoms with Gasteiger partial charge in [-0.3, -0.25) is 9.59 Å². The third-order valence-corrected chi connectivity index (χ3v) is 6.05. The fourth-order valence-electron chi connectivity index (χ4n) is 4.15. The van der Waals surface area contributed by atoms with Crippen LogP contribution in [0.25, 0.3) is 0 Å². The number of halogens is 1. The van der Waals surface area contributed by atoms with Gasteiger partial charge >= 0.3 is 0 Å². The van der Waals surface area contributed by atoms with Crippen molar-refractivity contribution in [2.75, 3.05) is 18.4 Å². The number of anilines is 1. The minimum absolute atomic E-state index is 0.00161. The topological polar surface area (TPSA) is 49.4 Å². The second-order valence-corrected chi connectivity index (χ2v) is 8.17. The number of carbonyl (C=O) groups excluding carboxylic acids is 2. The largest absolute Gasteiger partial charge is 0.342 e. The van der Waals surface area contributed by atoms with E-state index in [0.29, 0.717) is 10.9 Å². The number of nitrogens with one attached hydrogen (secondary N) is 1. The van der Waals surface area contributed by atoms with Gasteiger partial charge in [-0.05, 0) is 69.2 Å². The molecule has 26 heavy (non-hydrogen) atoms. The predicted molar refractivity (Wildman–Crippen MR) is 105 cm³/mol. The van der Waals surface area contributed by atoms with Gasteiger partial charge in [0.05, 0.1) is 0 Å². The van der Waals surface area contributed by atoms with E-state index in [4.69, 9.17) is 11.6 Å². The van der Waals surface area contributed by atoms with Crippen molar-refractivity contribution in [1.82, 2.24) is 4.90 Å². The molecule has 1 saturated heterocycles. The molecule has 0 atom stereocenters. The first-order valence-corrected chi connectivity index (χ1v) is 10.3. The number of rotatable bonds is 3. The fourth-order valence-corrected chi connectivity index (χ4v) is 4.38. The Hall–Kier alpha value is -1.55. The predicted octanol–water partition coefficient (Wildman–Crippen LogP) is 4.80. The van der Waals surface area contributed by atoms with Crippen molar-refractivity contribution in [3.63, 3.8) is 0 Å². The van der Waals surface area contributed by atoms with Crippen LogP contribution in [0.15, 0.2) is 18.2 Å². The Labute approximate surface area is 161 Å². The van der Waals surface area contributed by atoms with Crippen molar-refractivity contribution < 1.29 is 9.59 Å². The average Bonchev–Trinajstić information content (AvgIpc) is 2.93.